The average molecular weight is 404 g/mol. The third-order valence-electron chi connectivity index (χ3n) is 4.48. The summed E-state index contributed by atoms with van der Waals surface area (Å²) in [5, 5.41) is 0. The predicted octanol–water partition coefficient (Wildman–Crippen LogP) is 2.49. The van der Waals surface area contributed by atoms with Gasteiger partial charge in [0.15, 0.2) is 0 Å². The van der Waals surface area contributed by atoms with Gasteiger partial charge in [-0.3, -0.25) is 4.79 Å². The fourth-order valence-corrected chi connectivity index (χ4v) is 4.12. The number of nitrogens with zero attached hydrogens (tertiary/aromatic N) is 1. The molecule has 0 aliphatic carbocycles. The van der Waals surface area contributed by atoms with Crippen LogP contribution < -0.4 is 19.1 Å². The molecule has 0 unspecified atom stereocenters. The lowest BCUT2D eigenvalue weighted by Gasteiger charge is -2.20. The first-order chi connectivity index (χ1) is 13.4. The van der Waals surface area contributed by atoms with Gasteiger partial charge in [-0.1, -0.05) is 12.1 Å². The summed E-state index contributed by atoms with van der Waals surface area (Å²) in [7, 11) is -2.25. The van der Waals surface area contributed by atoms with E-state index in [2.05, 4.69) is 4.72 Å². The molecule has 1 fully saturated rings. The van der Waals surface area contributed by atoms with Gasteiger partial charge in [-0.15, -0.1) is 0 Å². The molecule has 0 radical (unpaired) electrons. The van der Waals surface area contributed by atoms with E-state index in [4.69, 9.17) is 9.47 Å². The van der Waals surface area contributed by atoms with E-state index in [0.29, 0.717) is 30.2 Å². The number of carbonyl (C=O) groups excluding carboxylic acids is 1. The van der Waals surface area contributed by atoms with Gasteiger partial charge >= 0.3 is 0 Å². The molecule has 1 saturated heterocycles. The number of sulfonamides is 1. The van der Waals surface area contributed by atoms with Gasteiger partial charge in [-0.2, -0.15) is 0 Å². The number of anilines is 1. The molecule has 1 amide bonds. The standard InChI is InChI=1S/C20H24N2O5S/c1-15-5-3-6-16(13-15)27-12-10-21-28(24,25)17-8-9-19(26-2)18(14-17)22-11-4-7-20(22)23/h3,5-6,8-9,13-14,21H,4,7,10-12H2,1-2H3. The fraction of sp³-hybridized carbons (Fsp3) is 0.350. The minimum Gasteiger partial charge on any atom is -0.495 e. The van der Waals surface area contributed by atoms with E-state index < -0.39 is 10.0 Å². The van der Waals surface area contributed by atoms with Crippen LogP contribution in [0.3, 0.4) is 0 Å². The molecule has 28 heavy (non-hydrogen) atoms. The van der Waals surface area contributed by atoms with E-state index in [-0.39, 0.29) is 24.0 Å². The summed E-state index contributed by atoms with van der Waals surface area (Å²) in [4.78, 5) is 13.7. The van der Waals surface area contributed by atoms with Crippen molar-refractivity contribution in [3.8, 4) is 11.5 Å². The van der Waals surface area contributed by atoms with Crippen LogP contribution in [0.25, 0.3) is 0 Å². The molecular formula is C20H24N2O5S. The van der Waals surface area contributed by atoms with Gasteiger partial charge in [0.25, 0.3) is 0 Å². The zero-order valence-electron chi connectivity index (χ0n) is 16.0. The summed E-state index contributed by atoms with van der Waals surface area (Å²) in [5.41, 5.74) is 1.55. The summed E-state index contributed by atoms with van der Waals surface area (Å²) in [6, 6.07) is 12.1. The summed E-state index contributed by atoms with van der Waals surface area (Å²) >= 11 is 0. The zero-order chi connectivity index (χ0) is 20.1. The van der Waals surface area contributed by atoms with Gasteiger partial charge in [0.1, 0.15) is 18.1 Å². The maximum absolute atomic E-state index is 12.6. The molecule has 8 heteroatoms. The SMILES string of the molecule is COc1ccc(S(=O)(=O)NCCOc2cccc(C)c2)cc1N1CCCC1=O. The molecule has 1 aliphatic rings. The van der Waals surface area contributed by atoms with Crippen LogP contribution in [0, 0.1) is 6.92 Å². The Morgan fingerprint density at radius 1 is 1.18 bits per heavy atom. The Balaban J connectivity index is 1.68. The minimum atomic E-state index is -3.74. The van der Waals surface area contributed by atoms with Crippen LogP contribution in [-0.2, 0) is 14.8 Å². The predicted molar refractivity (Wildman–Crippen MR) is 106 cm³/mol. The largest absolute Gasteiger partial charge is 0.495 e. The average Bonchev–Trinajstić information content (AvgIpc) is 3.10. The van der Waals surface area contributed by atoms with Gasteiger partial charge in [0, 0.05) is 19.5 Å². The number of amides is 1. The Labute approximate surface area is 165 Å². The molecule has 7 nitrogen and oxygen atoms in total. The van der Waals surface area contributed by atoms with E-state index in [1.165, 1.54) is 19.2 Å². The number of benzene rings is 2. The van der Waals surface area contributed by atoms with Crippen LogP contribution in [0.4, 0.5) is 5.69 Å². The molecular weight excluding hydrogens is 380 g/mol. The normalized spacial score (nSPS) is 14.4. The zero-order valence-corrected chi connectivity index (χ0v) is 16.8. The van der Waals surface area contributed by atoms with Crippen molar-refractivity contribution in [3.63, 3.8) is 0 Å². The third kappa shape index (κ3) is 4.63. The molecule has 0 atom stereocenters. The van der Waals surface area contributed by atoms with Crippen molar-refractivity contribution >= 4 is 21.6 Å². The highest BCUT2D eigenvalue weighted by Gasteiger charge is 2.26. The monoisotopic (exact) mass is 404 g/mol. The van der Waals surface area contributed by atoms with Gasteiger partial charge < -0.3 is 14.4 Å². The molecule has 0 aromatic heterocycles. The van der Waals surface area contributed by atoms with Crippen molar-refractivity contribution < 1.29 is 22.7 Å². The summed E-state index contributed by atoms with van der Waals surface area (Å²) in [5.74, 6) is 1.13. The quantitative estimate of drug-likeness (QED) is 0.684. The van der Waals surface area contributed by atoms with Gasteiger partial charge in [-0.05, 0) is 49.2 Å². The van der Waals surface area contributed by atoms with E-state index in [0.717, 1.165) is 12.0 Å². The molecule has 1 N–H and O–H groups in total. The highest BCUT2D eigenvalue weighted by molar-refractivity contribution is 7.89. The first-order valence-electron chi connectivity index (χ1n) is 9.08. The van der Waals surface area contributed by atoms with E-state index in [1.54, 1.807) is 11.0 Å². The third-order valence-corrected chi connectivity index (χ3v) is 5.94. The molecule has 0 bridgehead atoms. The Morgan fingerprint density at radius 2 is 2.00 bits per heavy atom. The lowest BCUT2D eigenvalue weighted by Crippen LogP contribution is -2.29. The lowest BCUT2D eigenvalue weighted by molar-refractivity contribution is -0.117. The number of methoxy groups -OCH3 is 1. The first-order valence-corrected chi connectivity index (χ1v) is 10.6. The minimum absolute atomic E-state index is 0.0349. The second-order valence-corrected chi connectivity index (χ2v) is 8.31. The van der Waals surface area contributed by atoms with Crippen molar-refractivity contribution in [2.75, 3.05) is 31.7 Å². The van der Waals surface area contributed by atoms with E-state index >= 15 is 0 Å². The highest BCUT2D eigenvalue weighted by atomic mass is 32.2. The van der Waals surface area contributed by atoms with Crippen LogP contribution >= 0.6 is 0 Å². The van der Waals surface area contributed by atoms with E-state index in [9.17, 15) is 13.2 Å². The second kappa shape index (κ2) is 8.62. The number of hydrogen-bond acceptors (Lipinski definition) is 5. The smallest absolute Gasteiger partial charge is 0.240 e. The van der Waals surface area contributed by atoms with Gasteiger partial charge in [-0.25, -0.2) is 13.1 Å². The van der Waals surface area contributed by atoms with Gasteiger partial charge in [0.05, 0.1) is 17.7 Å². The topological polar surface area (TPSA) is 84.9 Å². The van der Waals surface area contributed by atoms with Crippen molar-refractivity contribution in [2.24, 2.45) is 0 Å². The molecule has 2 aromatic rings. The second-order valence-electron chi connectivity index (χ2n) is 6.55. The van der Waals surface area contributed by atoms with Crippen LogP contribution in [0.5, 0.6) is 11.5 Å². The van der Waals surface area contributed by atoms with Gasteiger partial charge in [0.2, 0.25) is 15.9 Å². The van der Waals surface area contributed by atoms with Crippen LogP contribution in [0.1, 0.15) is 18.4 Å². The molecule has 2 aromatic carbocycles. The Morgan fingerprint density at radius 3 is 2.68 bits per heavy atom. The summed E-state index contributed by atoms with van der Waals surface area (Å²) < 4.78 is 38.7. The number of rotatable bonds is 8. The summed E-state index contributed by atoms with van der Waals surface area (Å²) in [6.07, 6.45) is 1.20. The van der Waals surface area contributed by atoms with Crippen LogP contribution in [0.2, 0.25) is 0 Å². The van der Waals surface area contributed by atoms with Crippen molar-refractivity contribution in [1.82, 2.24) is 4.72 Å². The first kappa shape index (κ1) is 20.2. The van der Waals surface area contributed by atoms with Crippen molar-refractivity contribution in [2.45, 2.75) is 24.7 Å². The van der Waals surface area contributed by atoms with Crippen LogP contribution in [0.15, 0.2) is 47.4 Å². The Bertz CT molecular complexity index is 959. The van der Waals surface area contributed by atoms with E-state index in [1.807, 2.05) is 31.2 Å². The maximum atomic E-state index is 12.6. The lowest BCUT2D eigenvalue weighted by atomic mass is 10.2. The van der Waals surface area contributed by atoms with Crippen molar-refractivity contribution in [3.05, 3.63) is 48.0 Å². The van der Waals surface area contributed by atoms with Crippen LogP contribution in [-0.4, -0.2) is 41.1 Å². The molecule has 3 rings (SSSR count). The maximum Gasteiger partial charge on any atom is 0.240 e. The number of nitrogens with one attached hydrogen (secondary N) is 1. The molecule has 1 heterocycles. The molecule has 0 spiro atoms. The fourth-order valence-electron chi connectivity index (χ4n) is 3.08. The number of carbonyl (C=O) groups is 1. The number of hydrogen-bond donors (Lipinski definition) is 1. The Kier molecular flexibility index (Phi) is 6.21. The highest BCUT2D eigenvalue weighted by Crippen LogP contribution is 2.33. The molecule has 150 valence electrons. The van der Waals surface area contributed by atoms with Crippen molar-refractivity contribution in [1.29, 1.82) is 0 Å². The number of aryl methyl sites for hydroxylation is 1. The molecule has 1 aliphatic heterocycles. The summed E-state index contributed by atoms with van der Waals surface area (Å²) in [6.45, 7) is 2.84. The number of ether oxygens (including phenoxy) is 2. The molecule has 0 saturated carbocycles. The Hall–Kier alpha value is -2.58.